The molecule has 9 heteroatoms. The summed E-state index contributed by atoms with van der Waals surface area (Å²) in [6, 6.07) is 9.33. The van der Waals surface area contributed by atoms with E-state index in [0.717, 1.165) is 39.7 Å². The summed E-state index contributed by atoms with van der Waals surface area (Å²) in [5, 5.41) is 14.0. The molecule has 0 aliphatic heterocycles. The van der Waals surface area contributed by atoms with Crippen molar-refractivity contribution in [3.05, 3.63) is 62.9 Å². The fourth-order valence-corrected chi connectivity index (χ4v) is 4.01. The molecule has 0 bridgehead atoms. The van der Waals surface area contributed by atoms with Crippen molar-refractivity contribution in [2.24, 2.45) is 0 Å². The minimum atomic E-state index is -0.453. The maximum absolute atomic E-state index is 12.7. The van der Waals surface area contributed by atoms with Crippen LogP contribution in [0.3, 0.4) is 0 Å². The monoisotopic (exact) mass is 451 g/mol. The summed E-state index contributed by atoms with van der Waals surface area (Å²) in [6.07, 6.45) is 0. The van der Waals surface area contributed by atoms with Gasteiger partial charge in [-0.3, -0.25) is 19.4 Å². The highest BCUT2D eigenvalue weighted by atomic mass is 32.2. The Balaban J connectivity index is 1.74. The van der Waals surface area contributed by atoms with E-state index in [2.05, 4.69) is 25.8 Å². The second-order valence-corrected chi connectivity index (χ2v) is 8.61. The molecule has 32 heavy (non-hydrogen) atoms. The molecule has 1 aromatic heterocycles. The van der Waals surface area contributed by atoms with Gasteiger partial charge >= 0.3 is 0 Å². The Morgan fingerprint density at radius 2 is 1.66 bits per heavy atom. The minimum Gasteiger partial charge on any atom is -0.326 e. The van der Waals surface area contributed by atoms with Crippen LogP contribution in [0.1, 0.15) is 29.2 Å². The second kappa shape index (κ2) is 9.78. The van der Waals surface area contributed by atoms with Crippen molar-refractivity contribution < 1.29 is 9.59 Å². The molecule has 8 nitrogen and oxygen atoms in total. The molecule has 3 N–H and O–H groups in total. The Bertz CT molecular complexity index is 1230. The lowest BCUT2D eigenvalue weighted by molar-refractivity contribution is -0.114. The maximum Gasteiger partial charge on any atom is 0.278 e. The molecule has 0 radical (unpaired) electrons. The van der Waals surface area contributed by atoms with Crippen molar-refractivity contribution in [2.75, 3.05) is 16.4 Å². The van der Waals surface area contributed by atoms with E-state index in [1.807, 2.05) is 45.9 Å². The van der Waals surface area contributed by atoms with Crippen LogP contribution in [-0.2, 0) is 9.59 Å². The van der Waals surface area contributed by atoms with Crippen LogP contribution >= 0.6 is 11.8 Å². The van der Waals surface area contributed by atoms with Crippen LogP contribution in [0.25, 0.3) is 11.3 Å². The summed E-state index contributed by atoms with van der Waals surface area (Å²) in [4.78, 5) is 39.2. The van der Waals surface area contributed by atoms with Gasteiger partial charge in [-0.1, -0.05) is 41.1 Å². The van der Waals surface area contributed by atoms with Gasteiger partial charge in [0.25, 0.3) is 5.56 Å². The van der Waals surface area contributed by atoms with Crippen molar-refractivity contribution in [2.45, 2.75) is 39.8 Å². The topological polar surface area (TPSA) is 117 Å². The largest absolute Gasteiger partial charge is 0.326 e. The second-order valence-electron chi connectivity index (χ2n) is 7.65. The SMILES string of the molecule is CC(=O)Nc1ccc(C)cc1-c1nnc(SCC(=O)Nc2c(C)cc(C)cc2C)[nH]c1=O. The number of carbonyl (C=O) groups is 2. The van der Waals surface area contributed by atoms with E-state index in [4.69, 9.17) is 0 Å². The third-order valence-electron chi connectivity index (χ3n) is 4.70. The molecule has 0 spiro atoms. The van der Waals surface area contributed by atoms with Crippen LogP contribution in [-0.4, -0.2) is 32.7 Å². The summed E-state index contributed by atoms with van der Waals surface area (Å²) < 4.78 is 0. The molecule has 0 aliphatic carbocycles. The van der Waals surface area contributed by atoms with E-state index in [0.29, 0.717) is 11.3 Å². The number of rotatable bonds is 6. The third-order valence-corrected chi connectivity index (χ3v) is 5.56. The quantitative estimate of drug-likeness (QED) is 0.492. The number of H-pyrrole nitrogens is 1. The summed E-state index contributed by atoms with van der Waals surface area (Å²) in [5.41, 5.74) is 5.42. The van der Waals surface area contributed by atoms with Gasteiger partial charge in [-0.05, 0) is 51.0 Å². The number of aromatic nitrogens is 3. The van der Waals surface area contributed by atoms with Gasteiger partial charge in [-0.2, -0.15) is 0 Å². The Hall–Kier alpha value is -3.46. The lowest BCUT2D eigenvalue weighted by Gasteiger charge is -2.12. The third kappa shape index (κ3) is 5.61. The van der Waals surface area contributed by atoms with E-state index in [-0.39, 0.29) is 28.4 Å². The molecular weight excluding hydrogens is 426 g/mol. The number of aromatic amines is 1. The van der Waals surface area contributed by atoms with Crippen molar-refractivity contribution in [3.63, 3.8) is 0 Å². The molecule has 0 saturated heterocycles. The predicted octanol–water partition coefficient (Wildman–Crippen LogP) is 3.75. The summed E-state index contributed by atoms with van der Waals surface area (Å²) in [7, 11) is 0. The number of hydrogen-bond acceptors (Lipinski definition) is 6. The van der Waals surface area contributed by atoms with Gasteiger partial charge in [-0.25, -0.2) is 0 Å². The van der Waals surface area contributed by atoms with Crippen molar-refractivity contribution in [1.29, 1.82) is 0 Å². The Labute approximate surface area is 190 Å². The number of nitrogens with zero attached hydrogens (tertiary/aromatic N) is 2. The highest BCUT2D eigenvalue weighted by molar-refractivity contribution is 7.99. The van der Waals surface area contributed by atoms with E-state index in [9.17, 15) is 14.4 Å². The predicted molar refractivity (Wildman–Crippen MR) is 127 cm³/mol. The van der Waals surface area contributed by atoms with Crippen molar-refractivity contribution in [3.8, 4) is 11.3 Å². The van der Waals surface area contributed by atoms with Gasteiger partial charge in [0.1, 0.15) is 0 Å². The Morgan fingerprint density at radius 3 is 2.28 bits per heavy atom. The van der Waals surface area contributed by atoms with Gasteiger partial charge in [0.15, 0.2) is 10.9 Å². The maximum atomic E-state index is 12.7. The standard InChI is InChI=1S/C23H25N5O3S/c1-12-6-7-18(24-16(5)29)17(10-12)21-22(31)26-23(28-27-21)32-11-19(30)25-20-14(3)8-13(2)9-15(20)4/h6-10H,11H2,1-5H3,(H,24,29)(H,25,30)(H,26,28,31). The number of benzene rings is 2. The zero-order chi connectivity index (χ0) is 23.4. The summed E-state index contributed by atoms with van der Waals surface area (Å²) in [6.45, 7) is 9.18. The molecular formula is C23H25N5O3S. The number of hydrogen-bond donors (Lipinski definition) is 3. The number of carbonyl (C=O) groups excluding carboxylic acids is 2. The van der Waals surface area contributed by atoms with Gasteiger partial charge in [0, 0.05) is 18.2 Å². The number of thioether (sulfide) groups is 1. The lowest BCUT2D eigenvalue weighted by Crippen LogP contribution is -2.18. The van der Waals surface area contributed by atoms with Gasteiger partial charge in [0.05, 0.1) is 11.4 Å². The van der Waals surface area contributed by atoms with Crippen LogP contribution in [0.5, 0.6) is 0 Å². The van der Waals surface area contributed by atoms with Gasteiger partial charge < -0.3 is 10.6 Å². The summed E-state index contributed by atoms with van der Waals surface area (Å²) in [5.74, 6) is -0.390. The van der Waals surface area contributed by atoms with Crippen LogP contribution in [0.15, 0.2) is 40.3 Å². The van der Waals surface area contributed by atoms with E-state index >= 15 is 0 Å². The van der Waals surface area contributed by atoms with E-state index in [1.165, 1.54) is 6.92 Å². The molecule has 2 amide bonds. The molecule has 2 aromatic carbocycles. The molecule has 0 aliphatic rings. The minimum absolute atomic E-state index is 0.0678. The first-order chi connectivity index (χ1) is 15.1. The fourth-order valence-electron chi connectivity index (χ4n) is 3.40. The zero-order valence-corrected chi connectivity index (χ0v) is 19.4. The molecule has 0 fully saturated rings. The fraction of sp³-hybridized carbons (Fsp3) is 0.261. The Morgan fingerprint density at radius 1 is 0.969 bits per heavy atom. The molecule has 3 rings (SSSR count). The highest BCUT2D eigenvalue weighted by Crippen LogP contribution is 2.26. The lowest BCUT2D eigenvalue weighted by atomic mass is 10.1. The highest BCUT2D eigenvalue weighted by Gasteiger charge is 2.15. The first-order valence-electron chi connectivity index (χ1n) is 10.00. The van der Waals surface area contributed by atoms with Crippen molar-refractivity contribution in [1.82, 2.24) is 15.2 Å². The van der Waals surface area contributed by atoms with E-state index in [1.54, 1.807) is 12.1 Å². The zero-order valence-electron chi connectivity index (χ0n) is 18.6. The van der Waals surface area contributed by atoms with Crippen LogP contribution in [0.4, 0.5) is 11.4 Å². The number of amides is 2. The number of aryl methyl sites for hydroxylation is 4. The molecule has 0 saturated carbocycles. The number of nitrogens with one attached hydrogen (secondary N) is 3. The van der Waals surface area contributed by atoms with Crippen LogP contribution in [0.2, 0.25) is 0 Å². The summed E-state index contributed by atoms with van der Waals surface area (Å²) >= 11 is 1.09. The first kappa shape index (κ1) is 23.2. The van der Waals surface area contributed by atoms with Gasteiger partial charge in [0.2, 0.25) is 11.8 Å². The molecule has 0 unspecified atom stereocenters. The number of anilines is 2. The molecule has 1 heterocycles. The first-order valence-corrected chi connectivity index (χ1v) is 11.0. The normalized spacial score (nSPS) is 10.7. The van der Waals surface area contributed by atoms with Crippen LogP contribution < -0.4 is 16.2 Å². The van der Waals surface area contributed by atoms with E-state index < -0.39 is 5.56 Å². The smallest absolute Gasteiger partial charge is 0.278 e. The average Bonchev–Trinajstić information content (AvgIpc) is 2.70. The molecule has 0 atom stereocenters. The van der Waals surface area contributed by atoms with Crippen LogP contribution in [0, 0.1) is 27.7 Å². The average molecular weight is 452 g/mol. The van der Waals surface area contributed by atoms with Gasteiger partial charge in [-0.15, -0.1) is 10.2 Å². The molecule has 3 aromatic rings. The molecule has 166 valence electrons. The Kier molecular flexibility index (Phi) is 7.09. The van der Waals surface area contributed by atoms with Crippen molar-refractivity contribution >= 4 is 35.0 Å².